The molecule has 0 fully saturated rings. The van der Waals surface area contributed by atoms with Gasteiger partial charge >= 0.3 is 5.37 Å². The van der Waals surface area contributed by atoms with Crippen LogP contribution in [0.15, 0.2) is 29.2 Å². The van der Waals surface area contributed by atoms with Gasteiger partial charge in [0.15, 0.2) is 0 Å². The number of carbonyl (C=O) groups is 1. The number of carbonyl (C=O) groups excluding carboxylic acids is 1. The van der Waals surface area contributed by atoms with Crippen LogP contribution >= 0.6 is 23.5 Å². The maximum atomic E-state index is 12.5. The van der Waals surface area contributed by atoms with E-state index in [0.29, 0.717) is 4.90 Å². The summed E-state index contributed by atoms with van der Waals surface area (Å²) in [6, 6.07) is 5.85. The molecule has 0 bridgehead atoms. The van der Waals surface area contributed by atoms with E-state index in [0.717, 1.165) is 11.9 Å². The third-order valence-electron chi connectivity index (χ3n) is 1.05. The van der Waals surface area contributed by atoms with Gasteiger partial charge < -0.3 is 0 Å². The lowest BCUT2D eigenvalue weighted by Gasteiger charge is -1.98. The van der Waals surface area contributed by atoms with Crippen molar-refractivity contribution in [2.24, 2.45) is 0 Å². The normalized spacial score (nSPS) is 9.50. The molecule has 5 heteroatoms. The van der Waals surface area contributed by atoms with E-state index in [1.807, 2.05) is 0 Å². The predicted molar refractivity (Wildman–Crippen MR) is 46.6 cm³/mol. The lowest BCUT2D eigenvalue weighted by atomic mass is 10.4. The van der Waals surface area contributed by atoms with Crippen LogP contribution in [0, 0.1) is 5.82 Å². The molecule has 0 saturated heterocycles. The molecule has 0 aliphatic carbocycles. The van der Waals surface area contributed by atoms with Crippen LogP contribution in [0.4, 0.5) is 9.18 Å². The zero-order chi connectivity index (χ0) is 8.97. The van der Waals surface area contributed by atoms with E-state index in [-0.39, 0.29) is 5.82 Å². The van der Waals surface area contributed by atoms with Crippen LogP contribution in [0.25, 0.3) is 0 Å². The number of nitrogens with one attached hydrogen (secondary N) is 1. The maximum Gasteiger partial charge on any atom is 0.323 e. The highest BCUT2D eigenvalue weighted by Crippen LogP contribution is 2.15. The van der Waals surface area contributed by atoms with Crippen LogP contribution in [-0.2, 0) is 0 Å². The summed E-state index contributed by atoms with van der Waals surface area (Å²) in [6.45, 7) is 0. The zero-order valence-corrected chi connectivity index (χ0v) is 7.45. The number of amides is 1. The highest BCUT2D eigenvalue weighted by Gasteiger charge is 1.97. The minimum Gasteiger partial charge on any atom is -0.282 e. The summed E-state index contributed by atoms with van der Waals surface area (Å²) < 4.78 is 14.8. The lowest BCUT2D eigenvalue weighted by molar-refractivity contribution is 0.264. The molecule has 0 saturated carbocycles. The van der Waals surface area contributed by atoms with Gasteiger partial charge in [-0.1, -0.05) is 6.07 Å². The second-order valence-corrected chi connectivity index (χ2v) is 3.16. The largest absolute Gasteiger partial charge is 0.323 e. The summed E-state index contributed by atoms with van der Waals surface area (Å²) in [7, 11) is 0. The highest BCUT2D eigenvalue weighted by atomic mass is 35.5. The van der Waals surface area contributed by atoms with E-state index in [9.17, 15) is 9.18 Å². The fraction of sp³-hybridized carbons (Fsp3) is 0. The molecule has 0 atom stereocenters. The first-order valence-electron chi connectivity index (χ1n) is 3.06. The molecule has 2 nitrogen and oxygen atoms in total. The number of benzene rings is 1. The SMILES string of the molecule is O=C(Cl)NSc1cccc(F)c1. The molecule has 1 aromatic carbocycles. The zero-order valence-electron chi connectivity index (χ0n) is 5.88. The topological polar surface area (TPSA) is 29.1 Å². The Balaban J connectivity index is 2.57. The van der Waals surface area contributed by atoms with Crippen molar-refractivity contribution < 1.29 is 9.18 Å². The monoisotopic (exact) mass is 205 g/mol. The quantitative estimate of drug-likeness (QED) is 0.457. The molecule has 0 heterocycles. The minimum atomic E-state index is -0.677. The number of rotatable bonds is 2. The summed E-state index contributed by atoms with van der Waals surface area (Å²) in [5.74, 6) is -0.344. The van der Waals surface area contributed by atoms with Gasteiger partial charge in [0.25, 0.3) is 0 Å². The molecule has 1 aromatic rings. The lowest BCUT2D eigenvalue weighted by Crippen LogP contribution is -2.04. The van der Waals surface area contributed by atoms with Crippen molar-refractivity contribution in [2.45, 2.75) is 4.90 Å². The van der Waals surface area contributed by atoms with Crippen molar-refractivity contribution >= 4 is 28.9 Å². The Kier molecular flexibility index (Phi) is 3.37. The number of hydrogen-bond acceptors (Lipinski definition) is 2. The van der Waals surface area contributed by atoms with Gasteiger partial charge in [0.2, 0.25) is 0 Å². The van der Waals surface area contributed by atoms with Crippen LogP contribution in [0.3, 0.4) is 0 Å². The minimum absolute atomic E-state index is 0.344. The molecule has 0 aromatic heterocycles. The van der Waals surface area contributed by atoms with Gasteiger partial charge in [-0.25, -0.2) is 4.39 Å². The second-order valence-electron chi connectivity index (χ2n) is 1.94. The van der Waals surface area contributed by atoms with Crippen molar-refractivity contribution in [1.82, 2.24) is 4.72 Å². The highest BCUT2D eigenvalue weighted by molar-refractivity contribution is 7.98. The first kappa shape index (κ1) is 9.35. The third-order valence-corrected chi connectivity index (χ3v) is 2.03. The van der Waals surface area contributed by atoms with Gasteiger partial charge in [0.05, 0.1) is 0 Å². The Morgan fingerprint density at radius 3 is 2.92 bits per heavy atom. The molecular formula is C7H5ClFNOS. The van der Waals surface area contributed by atoms with E-state index in [1.54, 1.807) is 12.1 Å². The molecule has 64 valence electrons. The van der Waals surface area contributed by atoms with Crippen LogP contribution in [0.1, 0.15) is 0 Å². The van der Waals surface area contributed by atoms with Crippen molar-refractivity contribution in [3.05, 3.63) is 30.1 Å². The van der Waals surface area contributed by atoms with E-state index in [1.165, 1.54) is 12.1 Å². The fourth-order valence-corrected chi connectivity index (χ4v) is 1.26. The van der Waals surface area contributed by atoms with Crippen LogP contribution in [0.5, 0.6) is 0 Å². The van der Waals surface area contributed by atoms with Crippen molar-refractivity contribution in [2.75, 3.05) is 0 Å². The third kappa shape index (κ3) is 3.11. The average molecular weight is 206 g/mol. The van der Waals surface area contributed by atoms with Crippen LogP contribution in [-0.4, -0.2) is 5.37 Å². The molecule has 12 heavy (non-hydrogen) atoms. The fourth-order valence-electron chi connectivity index (χ4n) is 0.630. The Labute approximate surface area is 78.2 Å². The summed E-state index contributed by atoms with van der Waals surface area (Å²) in [6.07, 6.45) is 0. The molecule has 1 rings (SSSR count). The second kappa shape index (κ2) is 4.33. The maximum absolute atomic E-state index is 12.5. The molecule has 0 aliphatic heterocycles. The Bertz CT molecular complexity index is 294. The number of hydrogen-bond donors (Lipinski definition) is 1. The molecule has 0 aliphatic rings. The Hall–Kier alpha value is -0.740. The van der Waals surface area contributed by atoms with E-state index < -0.39 is 5.37 Å². The van der Waals surface area contributed by atoms with Gasteiger partial charge in [0.1, 0.15) is 5.82 Å². The molecule has 1 N–H and O–H groups in total. The standard InChI is InChI=1S/C7H5ClFNOS/c8-7(11)10-12-6-3-1-2-5(9)4-6/h1-4H,(H,10,11). The van der Waals surface area contributed by atoms with Gasteiger partial charge in [0, 0.05) is 4.90 Å². The molecule has 1 amide bonds. The summed E-state index contributed by atoms with van der Waals surface area (Å²) >= 11 is 5.97. The van der Waals surface area contributed by atoms with E-state index >= 15 is 0 Å². The van der Waals surface area contributed by atoms with Gasteiger partial charge in [-0.05, 0) is 41.7 Å². The first-order valence-corrected chi connectivity index (χ1v) is 4.26. The average Bonchev–Trinajstić information content (AvgIpc) is 2.01. The predicted octanol–water partition coefficient (Wildman–Crippen LogP) is 2.78. The van der Waals surface area contributed by atoms with E-state index in [2.05, 4.69) is 4.72 Å². The van der Waals surface area contributed by atoms with Gasteiger partial charge in [-0.2, -0.15) is 0 Å². The van der Waals surface area contributed by atoms with Gasteiger partial charge in [-0.3, -0.25) is 9.52 Å². The summed E-state index contributed by atoms with van der Waals surface area (Å²) in [5.41, 5.74) is 0. The summed E-state index contributed by atoms with van der Waals surface area (Å²) in [5, 5.41) is -0.677. The van der Waals surface area contributed by atoms with Crippen LogP contribution < -0.4 is 4.72 Å². The van der Waals surface area contributed by atoms with Crippen molar-refractivity contribution in [3.8, 4) is 0 Å². The smallest absolute Gasteiger partial charge is 0.282 e. The molecular weight excluding hydrogens is 201 g/mol. The Morgan fingerprint density at radius 2 is 2.33 bits per heavy atom. The van der Waals surface area contributed by atoms with Gasteiger partial charge in [-0.15, -0.1) is 0 Å². The van der Waals surface area contributed by atoms with E-state index in [4.69, 9.17) is 11.6 Å². The Morgan fingerprint density at radius 1 is 1.58 bits per heavy atom. The van der Waals surface area contributed by atoms with Crippen molar-refractivity contribution in [1.29, 1.82) is 0 Å². The number of halogens is 2. The summed E-state index contributed by atoms with van der Waals surface area (Å²) in [4.78, 5) is 10.8. The molecule has 0 spiro atoms. The first-order chi connectivity index (χ1) is 5.68. The molecule has 0 radical (unpaired) electrons. The molecule has 0 unspecified atom stereocenters. The van der Waals surface area contributed by atoms with Crippen molar-refractivity contribution in [3.63, 3.8) is 0 Å². The van der Waals surface area contributed by atoms with Crippen LogP contribution in [0.2, 0.25) is 0 Å².